The summed E-state index contributed by atoms with van der Waals surface area (Å²) in [7, 11) is -1.82. The van der Waals surface area contributed by atoms with E-state index in [1.54, 1.807) is 56.5 Å². The van der Waals surface area contributed by atoms with Crippen LogP contribution in [-0.2, 0) is 14.6 Å². The van der Waals surface area contributed by atoms with E-state index >= 15 is 0 Å². The molecule has 1 aliphatic heterocycles. The lowest BCUT2D eigenvalue weighted by molar-refractivity contribution is -0.123. The molecule has 9 nitrogen and oxygen atoms in total. The second kappa shape index (κ2) is 9.67. The molecule has 5 rings (SSSR count). The number of nitrogens with zero attached hydrogens (tertiary/aromatic N) is 1. The molecule has 1 atom stereocenters. The van der Waals surface area contributed by atoms with Gasteiger partial charge in [0.25, 0.3) is 5.91 Å². The van der Waals surface area contributed by atoms with E-state index in [1.165, 1.54) is 23.5 Å². The number of sulfone groups is 1. The van der Waals surface area contributed by atoms with Gasteiger partial charge in [-0.15, -0.1) is 0 Å². The number of benzene rings is 3. The number of rotatable bonds is 8. The highest BCUT2D eigenvalue weighted by Gasteiger charge is 2.26. The first-order valence-corrected chi connectivity index (χ1v) is 13.5. The maximum Gasteiger partial charge on any atom is 0.271 e. The average Bonchev–Trinajstić information content (AvgIpc) is 3.51. The molecular formula is C25H22N2O7S2. The monoisotopic (exact) mass is 526 g/mol. The van der Waals surface area contributed by atoms with Crippen molar-refractivity contribution < 1.29 is 32.2 Å². The number of anilines is 1. The van der Waals surface area contributed by atoms with Gasteiger partial charge in [-0.25, -0.2) is 13.4 Å². The SMILES string of the molecule is CCS(=O)(=O)c1ccc(C(Oc2ccc(OC)cc2)C(=O)Nc2nc3cc4c(cc3s2)OCO4)cc1. The van der Waals surface area contributed by atoms with E-state index in [1.807, 2.05) is 6.07 Å². The summed E-state index contributed by atoms with van der Waals surface area (Å²) < 4.78 is 47.3. The number of hydrogen-bond acceptors (Lipinski definition) is 9. The summed E-state index contributed by atoms with van der Waals surface area (Å²) >= 11 is 1.29. The van der Waals surface area contributed by atoms with Crippen molar-refractivity contribution in [1.82, 2.24) is 4.98 Å². The van der Waals surface area contributed by atoms with E-state index in [-0.39, 0.29) is 17.4 Å². The molecule has 1 aliphatic rings. The number of methoxy groups -OCH3 is 1. The van der Waals surface area contributed by atoms with Gasteiger partial charge in [-0.1, -0.05) is 30.4 Å². The van der Waals surface area contributed by atoms with Crippen LogP contribution in [0.1, 0.15) is 18.6 Å². The Bertz CT molecular complexity index is 1470. The number of thiazole rings is 1. The molecule has 11 heteroatoms. The van der Waals surface area contributed by atoms with Gasteiger partial charge >= 0.3 is 0 Å². The molecule has 0 spiro atoms. The quantitative estimate of drug-likeness (QED) is 0.355. The molecule has 0 saturated carbocycles. The van der Waals surface area contributed by atoms with Gasteiger partial charge in [0.2, 0.25) is 12.9 Å². The van der Waals surface area contributed by atoms with Crippen LogP contribution in [0.15, 0.2) is 65.6 Å². The first kappa shape index (κ1) is 23.9. The van der Waals surface area contributed by atoms with Crippen molar-refractivity contribution in [2.45, 2.75) is 17.9 Å². The summed E-state index contributed by atoms with van der Waals surface area (Å²) in [6.07, 6.45) is -1.07. The fourth-order valence-corrected chi connectivity index (χ4v) is 5.39. The van der Waals surface area contributed by atoms with Crippen molar-refractivity contribution >= 4 is 42.4 Å². The molecule has 3 aromatic carbocycles. The standard InChI is InChI=1S/C25H22N2O7S2/c1-3-36(29,30)18-10-4-15(5-11-18)23(34-17-8-6-16(31-2)7-9-17)24(28)27-25-26-19-12-20-21(33-14-32-20)13-22(19)35-25/h4-13,23H,3,14H2,1-2H3,(H,26,27,28). The van der Waals surface area contributed by atoms with Crippen molar-refractivity contribution in [1.29, 1.82) is 0 Å². The normalized spacial score (nSPS) is 13.4. The van der Waals surface area contributed by atoms with Crippen LogP contribution >= 0.6 is 11.3 Å². The van der Waals surface area contributed by atoms with Crippen LogP contribution in [0.5, 0.6) is 23.0 Å². The number of carbonyl (C=O) groups excluding carboxylic acids is 1. The van der Waals surface area contributed by atoms with E-state index in [0.717, 1.165) is 4.70 Å². The topological polar surface area (TPSA) is 113 Å². The largest absolute Gasteiger partial charge is 0.497 e. The number of aromatic nitrogens is 1. The lowest BCUT2D eigenvalue weighted by Crippen LogP contribution is -2.25. The zero-order valence-electron chi connectivity index (χ0n) is 19.4. The maximum atomic E-state index is 13.4. The Hall–Kier alpha value is -3.83. The minimum Gasteiger partial charge on any atom is -0.497 e. The third-order valence-corrected chi connectivity index (χ3v) is 8.27. The molecule has 1 aromatic heterocycles. The van der Waals surface area contributed by atoms with Gasteiger partial charge in [-0.3, -0.25) is 10.1 Å². The minimum absolute atomic E-state index is 0.0181. The van der Waals surface area contributed by atoms with E-state index < -0.39 is 21.8 Å². The lowest BCUT2D eigenvalue weighted by Gasteiger charge is -2.19. The molecule has 0 aliphatic carbocycles. The van der Waals surface area contributed by atoms with Crippen LogP contribution in [0.3, 0.4) is 0 Å². The summed E-state index contributed by atoms with van der Waals surface area (Å²) in [5.41, 5.74) is 1.15. The fourth-order valence-electron chi connectivity index (χ4n) is 3.62. The van der Waals surface area contributed by atoms with Crippen molar-refractivity contribution in [3.63, 3.8) is 0 Å². The van der Waals surface area contributed by atoms with Gasteiger partial charge in [0.15, 0.2) is 26.5 Å². The number of fused-ring (bicyclic) bond motifs is 2. The first-order chi connectivity index (χ1) is 17.4. The second-order valence-electron chi connectivity index (χ2n) is 7.83. The molecule has 1 N–H and O–H groups in total. The molecule has 4 aromatic rings. The first-order valence-electron chi connectivity index (χ1n) is 11.0. The maximum absolute atomic E-state index is 13.4. The summed E-state index contributed by atoms with van der Waals surface area (Å²) in [6, 6.07) is 16.5. The van der Waals surface area contributed by atoms with Gasteiger partial charge in [0.05, 0.1) is 28.0 Å². The second-order valence-corrected chi connectivity index (χ2v) is 11.1. The Balaban J connectivity index is 1.44. The van der Waals surface area contributed by atoms with Crippen molar-refractivity contribution in [3.05, 3.63) is 66.2 Å². The zero-order valence-corrected chi connectivity index (χ0v) is 21.0. The van der Waals surface area contributed by atoms with Crippen LogP contribution < -0.4 is 24.3 Å². The third kappa shape index (κ3) is 4.79. The fraction of sp³-hybridized carbons (Fsp3) is 0.200. The lowest BCUT2D eigenvalue weighted by atomic mass is 10.1. The molecular weight excluding hydrogens is 504 g/mol. The summed E-state index contributed by atoms with van der Waals surface area (Å²) in [5, 5.41) is 3.20. The van der Waals surface area contributed by atoms with Gasteiger partial charge in [0, 0.05) is 17.7 Å². The molecule has 1 amide bonds. The van der Waals surface area contributed by atoms with Crippen molar-refractivity contribution in [3.8, 4) is 23.0 Å². The minimum atomic E-state index is -3.38. The number of carbonyl (C=O) groups is 1. The van der Waals surface area contributed by atoms with Crippen LogP contribution in [-0.4, -0.2) is 39.0 Å². The summed E-state index contributed by atoms with van der Waals surface area (Å²) in [6.45, 7) is 1.75. The van der Waals surface area contributed by atoms with E-state index in [0.29, 0.717) is 39.2 Å². The molecule has 1 unspecified atom stereocenters. The van der Waals surface area contributed by atoms with Gasteiger partial charge < -0.3 is 18.9 Å². The smallest absolute Gasteiger partial charge is 0.271 e. The Kier molecular flexibility index (Phi) is 6.42. The third-order valence-electron chi connectivity index (χ3n) is 5.59. The molecule has 0 fully saturated rings. The number of ether oxygens (including phenoxy) is 4. The molecule has 186 valence electrons. The van der Waals surface area contributed by atoms with E-state index in [4.69, 9.17) is 18.9 Å². The summed E-state index contributed by atoms with van der Waals surface area (Å²) in [5.74, 6) is 1.84. The number of amides is 1. The molecule has 0 saturated heterocycles. The van der Waals surface area contributed by atoms with Crippen LogP contribution in [0, 0.1) is 0 Å². The Morgan fingerprint density at radius 1 is 1.06 bits per heavy atom. The highest BCUT2D eigenvalue weighted by atomic mass is 32.2. The average molecular weight is 527 g/mol. The van der Waals surface area contributed by atoms with Gasteiger partial charge in [-0.2, -0.15) is 0 Å². The van der Waals surface area contributed by atoms with Crippen LogP contribution in [0.2, 0.25) is 0 Å². The van der Waals surface area contributed by atoms with Crippen LogP contribution in [0.25, 0.3) is 10.2 Å². The van der Waals surface area contributed by atoms with Crippen molar-refractivity contribution in [2.75, 3.05) is 25.0 Å². The van der Waals surface area contributed by atoms with E-state index in [2.05, 4.69) is 10.3 Å². The molecule has 2 heterocycles. The predicted octanol–water partition coefficient (Wildman–Crippen LogP) is 4.59. The predicted molar refractivity (Wildman–Crippen MR) is 135 cm³/mol. The van der Waals surface area contributed by atoms with Gasteiger partial charge in [-0.05, 0) is 36.4 Å². The Labute approximate surface area is 211 Å². The Morgan fingerprint density at radius 3 is 2.39 bits per heavy atom. The highest BCUT2D eigenvalue weighted by Crippen LogP contribution is 2.39. The highest BCUT2D eigenvalue weighted by molar-refractivity contribution is 7.91. The molecule has 0 radical (unpaired) electrons. The molecule has 36 heavy (non-hydrogen) atoms. The number of nitrogens with one attached hydrogen (secondary N) is 1. The zero-order chi connectivity index (χ0) is 25.3. The van der Waals surface area contributed by atoms with Crippen molar-refractivity contribution in [2.24, 2.45) is 0 Å². The van der Waals surface area contributed by atoms with Gasteiger partial charge in [0.1, 0.15) is 11.5 Å². The van der Waals surface area contributed by atoms with Crippen LogP contribution in [0.4, 0.5) is 5.13 Å². The molecule has 0 bridgehead atoms. The Morgan fingerprint density at radius 2 is 1.72 bits per heavy atom. The number of hydrogen-bond donors (Lipinski definition) is 1. The van der Waals surface area contributed by atoms with E-state index in [9.17, 15) is 13.2 Å². The summed E-state index contributed by atoms with van der Waals surface area (Å²) in [4.78, 5) is 18.1.